The van der Waals surface area contributed by atoms with Crippen LogP contribution in [0.1, 0.15) is 25.7 Å². The Morgan fingerprint density at radius 2 is 1.88 bits per heavy atom. The summed E-state index contributed by atoms with van der Waals surface area (Å²) in [5.41, 5.74) is 0.960. The van der Waals surface area contributed by atoms with Crippen LogP contribution in [-0.4, -0.2) is 58.0 Å². The van der Waals surface area contributed by atoms with Gasteiger partial charge in [-0.3, -0.25) is 9.59 Å². The zero-order valence-corrected chi connectivity index (χ0v) is 14.2. The van der Waals surface area contributed by atoms with E-state index in [9.17, 15) is 9.59 Å². The molecule has 0 bridgehead atoms. The number of fused-ring (bicyclic) bond motifs is 1. The summed E-state index contributed by atoms with van der Waals surface area (Å²) in [7, 11) is 0. The Bertz CT molecular complexity index is 725. The standard InChI is InChI=1S/C16H20N4O3S/c21-13(3-1-2-4-14(22)23)19-6-8-20(9-7-19)16-15-12(5-10-24-15)17-11-18-16/h5,10-11H,1-4,6-9H2,(H,22,23). The van der Waals surface area contributed by atoms with E-state index in [1.807, 2.05) is 16.3 Å². The molecule has 1 amide bonds. The van der Waals surface area contributed by atoms with Crippen molar-refractivity contribution in [2.24, 2.45) is 0 Å². The largest absolute Gasteiger partial charge is 0.481 e. The minimum atomic E-state index is -0.805. The summed E-state index contributed by atoms with van der Waals surface area (Å²) in [6.07, 6.45) is 3.33. The fourth-order valence-electron chi connectivity index (χ4n) is 2.88. The molecule has 24 heavy (non-hydrogen) atoms. The highest BCUT2D eigenvalue weighted by molar-refractivity contribution is 7.17. The summed E-state index contributed by atoms with van der Waals surface area (Å²) in [5.74, 6) is 0.258. The van der Waals surface area contributed by atoms with Crippen molar-refractivity contribution in [3.63, 3.8) is 0 Å². The first-order chi connectivity index (χ1) is 11.6. The number of hydrogen-bond acceptors (Lipinski definition) is 6. The van der Waals surface area contributed by atoms with Crippen LogP contribution in [0.4, 0.5) is 5.82 Å². The van der Waals surface area contributed by atoms with Gasteiger partial charge < -0.3 is 14.9 Å². The summed E-state index contributed by atoms with van der Waals surface area (Å²) in [6, 6.07) is 1.99. The average molecular weight is 348 g/mol. The van der Waals surface area contributed by atoms with Crippen LogP contribution in [0.2, 0.25) is 0 Å². The van der Waals surface area contributed by atoms with Crippen LogP contribution in [0.5, 0.6) is 0 Å². The lowest BCUT2D eigenvalue weighted by Crippen LogP contribution is -2.49. The third kappa shape index (κ3) is 3.81. The van der Waals surface area contributed by atoms with E-state index >= 15 is 0 Å². The normalized spacial score (nSPS) is 15.0. The molecule has 0 spiro atoms. The number of amides is 1. The molecular weight excluding hydrogens is 328 g/mol. The Labute approximate surface area is 143 Å². The Morgan fingerprint density at radius 1 is 1.12 bits per heavy atom. The lowest BCUT2D eigenvalue weighted by molar-refractivity contribution is -0.137. The van der Waals surface area contributed by atoms with Gasteiger partial charge in [-0.1, -0.05) is 0 Å². The molecule has 1 aliphatic rings. The number of nitrogens with zero attached hydrogens (tertiary/aromatic N) is 4. The molecule has 1 fully saturated rings. The maximum Gasteiger partial charge on any atom is 0.303 e. The highest BCUT2D eigenvalue weighted by Gasteiger charge is 2.23. The van der Waals surface area contributed by atoms with Gasteiger partial charge in [0.25, 0.3) is 0 Å². The monoisotopic (exact) mass is 348 g/mol. The van der Waals surface area contributed by atoms with E-state index in [-0.39, 0.29) is 12.3 Å². The fraction of sp³-hybridized carbons (Fsp3) is 0.500. The third-order valence-corrected chi connectivity index (χ3v) is 5.09. The maximum absolute atomic E-state index is 12.2. The fourth-order valence-corrected chi connectivity index (χ4v) is 3.74. The van der Waals surface area contributed by atoms with Crippen LogP contribution in [0.25, 0.3) is 10.2 Å². The molecule has 0 unspecified atom stereocenters. The van der Waals surface area contributed by atoms with E-state index in [4.69, 9.17) is 5.11 Å². The lowest BCUT2D eigenvalue weighted by Gasteiger charge is -2.35. The second-order valence-corrected chi connectivity index (χ2v) is 6.72. The topological polar surface area (TPSA) is 86.6 Å². The number of anilines is 1. The Morgan fingerprint density at radius 3 is 2.62 bits per heavy atom. The second kappa shape index (κ2) is 7.57. The number of carbonyl (C=O) groups is 2. The van der Waals surface area contributed by atoms with Gasteiger partial charge in [-0.25, -0.2) is 9.97 Å². The number of thiophene rings is 1. The molecule has 0 aliphatic carbocycles. The smallest absolute Gasteiger partial charge is 0.303 e. The highest BCUT2D eigenvalue weighted by Crippen LogP contribution is 2.28. The lowest BCUT2D eigenvalue weighted by atomic mass is 10.1. The maximum atomic E-state index is 12.2. The van der Waals surface area contributed by atoms with Crippen molar-refractivity contribution in [3.05, 3.63) is 17.8 Å². The van der Waals surface area contributed by atoms with Gasteiger partial charge in [0, 0.05) is 39.0 Å². The number of carbonyl (C=O) groups excluding carboxylic acids is 1. The predicted molar refractivity (Wildman–Crippen MR) is 92.3 cm³/mol. The number of aromatic nitrogens is 2. The van der Waals surface area contributed by atoms with Crippen LogP contribution in [0.15, 0.2) is 17.8 Å². The highest BCUT2D eigenvalue weighted by atomic mass is 32.1. The van der Waals surface area contributed by atoms with Gasteiger partial charge in [0.2, 0.25) is 5.91 Å². The van der Waals surface area contributed by atoms with Crippen molar-refractivity contribution in [2.45, 2.75) is 25.7 Å². The SMILES string of the molecule is O=C(O)CCCCC(=O)N1CCN(c2ncnc3ccsc23)CC1. The number of carboxylic acids is 1. The van der Waals surface area contributed by atoms with Gasteiger partial charge in [0.1, 0.15) is 12.1 Å². The number of unbranched alkanes of at least 4 members (excludes halogenated alkanes) is 1. The van der Waals surface area contributed by atoms with Gasteiger partial charge in [-0.15, -0.1) is 11.3 Å². The number of piperazine rings is 1. The van der Waals surface area contributed by atoms with E-state index in [0.717, 1.165) is 29.1 Å². The zero-order chi connectivity index (χ0) is 16.9. The molecule has 3 heterocycles. The predicted octanol–water partition coefficient (Wildman–Crippen LogP) is 1.98. The Balaban J connectivity index is 1.51. The van der Waals surface area contributed by atoms with Crippen molar-refractivity contribution in [2.75, 3.05) is 31.1 Å². The van der Waals surface area contributed by atoms with Crippen LogP contribution in [-0.2, 0) is 9.59 Å². The van der Waals surface area contributed by atoms with Crippen molar-refractivity contribution in [3.8, 4) is 0 Å². The van der Waals surface area contributed by atoms with E-state index in [2.05, 4.69) is 14.9 Å². The van der Waals surface area contributed by atoms with Crippen LogP contribution < -0.4 is 4.90 Å². The molecule has 0 saturated carbocycles. The first kappa shape index (κ1) is 16.6. The van der Waals surface area contributed by atoms with E-state index in [0.29, 0.717) is 32.4 Å². The van der Waals surface area contributed by atoms with Gasteiger partial charge in [-0.05, 0) is 24.3 Å². The Kier molecular flexibility index (Phi) is 5.24. The minimum absolute atomic E-state index is 0.115. The molecule has 7 nitrogen and oxygen atoms in total. The number of rotatable bonds is 6. The molecule has 1 N–H and O–H groups in total. The van der Waals surface area contributed by atoms with Gasteiger partial charge >= 0.3 is 5.97 Å². The van der Waals surface area contributed by atoms with Crippen molar-refractivity contribution < 1.29 is 14.7 Å². The number of carboxylic acid groups (broad SMARTS) is 1. The van der Waals surface area contributed by atoms with Crippen LogP contribution in [0.3, 0.4) is 0 Å². The quantitative estimate of drug-likeness (QED) is 0.804. The molecule has 1 saturated heterocycles. The molecule has 2 aromatic rings. The second-order valence-electron chi connectivity index (χ2n) is 5.80. The van der Waals surface area contributed by atoms with Gasteiger partial charge in [0.05, 0.1) is 10.2 Å². The van der Waals surface area contributed by atoms with E-state index in [1.165, 1.54) is 0 Å². The summed E-state index contributed by atoms with van der Waals surface area (Å²) < 4.78 is 1.09. The zero-order valence-electron chi connectivity index (χ0n) is 13.3. The summed E-state index contributed by atoms with van der Waals surface area (Å²) in [5, 5.41) is 10.6. The summed E-state index contributed by atoms with van der Waals surface area (Å²) in [6.45, 7) is 2.86. The minimum Gasteiger partial charge on any atom is -0.481 e. The average Bonchev–Trinajstić information content (AvgIpc) is 3.07. The molecule has 8 heteroatoms. The molecule has 0 radical (unpaired) electrons. The molecule has 2 aromatic heterocycles. The summed E-state index contributed by atoms with van der Waals surface area (Å²) >= 11 is 1.64. The first-order valence-electron chi connectivity index (χ1n) is 8.08. The summed E-state index contributed by atoms with van der Waals surface area (Å²) in [4.78, 5) is 35.4. The molecule has 128 valence electrons. The number of aliphatic carboxylic acids is 1. The van der Waals surface area contributed by atoms with Gasteiger partial charge in [-0.2, -0.15) is 0 Å². The third-order valence-electron chi connectivity index (χ3n) is 4.19. The molecule has 1 aliphatic heterocycles. The molecule has 0 atom stereocenters. The van der Waals surface area contributed by atoms with E-state index < -0.39 is 5.97 Å². The van der Waals surface area contributed by atoms with Crippen LogP contribution >= 0.6 is 11.3 Å². The van der Waals surface area contributed by atoms with Crippen molar-refractivity contribution >= 4 is 39.2 Å². The van der Waals surface area contributed by atoms with Crippen molar-refractivity contribution in [1.29, 1.82) is 0 Å². The molecule has 0 aromatic carbocycles. The van der Waals surface area contributed by atoms with E-state index in [1.54, 1.807) is 17.7 Å². The van der Waals surface area contributed by atoms with Gasteiger partial charge in [0.15, 0.2) is 0 Å². The van der Waals surface area contributed by atoms with Crippen LogP contribution in [0, 0.1) is 0 Å². The first-order valence-corrected chi connectivity index (χ1v) is 8.96. The molecule has 3 rings (SSSR count). The van der Waals surface area contributed by atoms with Crippen molar-refractivity contribution in [1.82, 2.24) is 14.9 Å². The molecular formula is C16H20N4O3S. The Hall–Kier alpha value is -2.22. The number of hydrogen-bond donors (Lipinski definition) is 1.